The zero-order valence-electron chi connectivity index (χ0n) is 44.9. The Hall–Kier alpha value is -1.92. The normalized spacial score (nSPS) is 12.8. The van der Waals surface area contributed by atoms with Crippen molar-refractivity contribution in [2.24, 2.45) is 0 Å². The number of hydrogen-bond acceptors (Lipinski definition) is 5. The molecule has 6 heteroatoms. The molecule has 67 heavy (non-hydrogen) atoms. The van der Waals surface area contributed by atoms with Crippen LogP contribution in [-0.2, 0) is 14.3 Å². The molecule has 0 saturated carbocycles. The van der Waals surface area contributed by atoms with Gasteiger partial charge in [-0.2, -0.15) is 0 Å². The summed E-state index contributed by atoms with van der Waals surface area (Å²) in [4.78, 5) is 24.4. The number of rotatable bonds is 55. The van der Waals surface area contributed by atoms with Crippen LogP contribution in [0.1, 0.15) is 316 Å². The number of nitrogens with one attached hydrogen (secondary N) is 1. The van der Waals surface area contributed by atoms with Crippen LogP contribution in [0.15, 0.2) is 36.5 Å². The molecule has 2 unspecified atom stereocenters. The van der Waals surface area contributed by atoms with E-state index in [9.17, 15) is 19.8 Å². The summed E-state index contributed by atoms with van der Waals surface area (Å²) in [6.07, 6.45) is 70.3. The third-order valence-corrected chi connectivity index (χ3v) is 13.6. The molecule has 0 bridgehead atoms. The first-order valence-electron chi connectivity index (χ1n) is 29.8. The van der Waals surface area contributed by atoms with E-state index in [4.69, 9.17) is 4.74 Å². The van der Waals surface area contributed by atoms with Crippen LogP contribution in [-0.4, -0.2) is 47.4 Å². The van der Waals surface area contributed by atoms with Gasteiger partial charge in [0, 0.05) is 12.8 Å². The van der Waals surface area contributed by atoms with Crippen LogP contribution in [0.3, 0.4) is 0 Å². The molecule has 0 spiro atoms. The van der Waals surface area contributed by atoms with Gasteiger partial charge in [0.05, 0.1) is 25.4 Å². The Morgan fingerprint density at radius 2 is 0.701 bits per heavy atom. The van der Waals surface area contributed by atoms with Crippen LogP contribution in [0, 0.1) is 0 Å². The van der Waals surface area contributed by atoms with Crippen molar-refractivity contribution < 1.29 is 24.5 Å². The molecule has 1 amide bonds. The SMILES string of the molecule is CCCCC/C=C\CCCCCCCC(=O)OCCCCCCCCCCCCCC/C=C\CCCCCCCCCCC(=O)NC(CO)C(O)/C=C/CCCCCCCCCCCCCC. The summed E-state index contributed by atoms with van der Waals surface area (Å²) in [5, 5.41) is 23.1. The van der Waals surface area contributed by atoms with Crippen molar-refractivity contribution in [1.82, 2.24) is 5.32 Å². The van der Waals surface area contributed by atoms with Gasteiger partial charge in [0.15, 0.2) is 0 Å². The van der Waals surface area contributed by atoms with Gasteiger partial charge in [-0.25, -0.2) is 0 Å². The van der Waals surface area contributed by atoms with Crippen molar-refractivity contribution in [2.45, 2.75) is 328 Å². The first kappa shape index (κ1) is 65.1. The number of ether oxygens (including phenoxy) is 1. The van der Waals surface area contributed by atoms with Gasteiger partial charge in [-0.05, 0) is 83.5 Å². The highest BCUT2D eigenvalue weighted by atomic mass is 16.5. The van der Waals surface area contributed by atoms with Crippen molar-refractivity contribution >= 4 is 11.9 Å². The predicted octanol–water partition coefficient (Wildman–Crippen LogP) is 18.4. The largest absolute Gasteiger partial charge is 0.466 e. The fourth-order valence-electron chi connectivity index (χ4n) is 9.03. The van der Waals surface area contributed by atoms with E-state index in [2.05, 4.69) is 43.5 Å². The summed E-state index contributed by atoms with van der Waals surface area (Å²) in [6.45, 7) is 4.88. The maximum Gasteiger partial charge on any atom is 0.305 e. The van der Waals surface area contributed by atoms with E-state index in [0.29, 0.717) is 19.4 Å². The molecule has 0 aliphatic carbocycles. The van der Waals surface area contributed by atoms with Crippen LogP contribution < -0.4 is 5.32 Å². The fourth-order valence-corrected chi connectivity index (χ4v) is 9.03. The van der Waals surface area contributed by atoms with Crippen molar-refractivity contribution in [2.75, 3.05) is 13.2 Å². The molecule has 0 aliphatic rings. The molecule has 6 nitrogen and oxygen atoms in total. The molecule has 0 radical (unpaired) electrons. The number of unbranched alkanes of at least 4 members (excludes halogenated alkanes) is 40. The average Bonchev–Trinajstić information content (AvgIpc) is 3.33. The van der Waals surface area contributed by atoms with Gasteiger partial charge in [-0.15, -0.1) is 0 Å². The molecule has 0 heterocycles. The standard InChI is InChI=1S/C61H115NO5/c1-3-5-7-9-11-13-15-17-30-33-37-41-45-49-53-59(64)58(57-63)62-60(65)54-50-46-42-38-34-31-28-26-24-22-20-18-19-21-23-25-27-29-32-36-40-44-48-52-56-67-61(66)55-51-47-43-39-35-16-14-12-10-8-6-4-2/h12,14,20,22,49,53,58-59,63-64H,3-11,13,15-19,21,23-48,50-52,54-57H2,1-2H3,(H,62,65)/b14-12-,22-20-,53-49+. The Kier molecular flexibility index (Phi) is 55.0. The lowest BCUT2D eigenvalue weighted by Crippen LogP contribution is -2.45. The Morgan fingerprint density at radius 3 is 1.09 bits per heavy atom. The smallest absolute Gasteiger partial charge is 0.305 e. The third-order valence-electron chi connectivity index (χ3n) is 13.6. The van der Waals surface area contributed by atoms with Crippen molar-refractivity contribution in [3.8, 4) is 0 Å². The molecule has 0 aromatic carbocycles. The first-order chi connectivity index (χ1) is 33.0. The van der Waals surface area contributed by atoms with Crippen LogP contribution in [0.25, 0.3) is 0 Å². The number of carbonyl (C=O) groups excluding carboxylic acids is 2. The molecular weight excluding hydrogens is 827 g/mol. The lowest BCUT2D eigenvalue weighted by molar-refractivity contribution is -0.143. The van der Waals surface area contributed by atoms with Gasteiger partial charge in [0.25, 0.3) is 0 Å². The highest BCUT2D eigenvalue weighted by Crippen LogP contribution is 2.16. The highest BCUT2D eigenvalue weighted by Gasteiger charge is 2.18. The molecule has 0 fully saturated rings. The van der Waals surface area contributed by atoms with E-state index in [0.717, 1.165) is 44.9 Å². The van der Waals surface area contributed by atoms with Crippen LogP contribution >= 0.6 is 0 Å². The zero-order chi connectivity index (χ0) is 48.6. The predicted molar refractivity (Wildman–Crippen MR) is 292 cm³/mol. The second-order valence-corrected chi connectivity index (χ2v) is 20.3. The Bertz CT molecular complexity index is 1090. The number of aliphatic hydroxyl groups excluding tert-OH is 2. The van der Waals surface area contributed by atoms with E-state index in [-0.39, 0.29) is 18.5 Å². The zero-order valence-corrected chi connectivity index (χ0v) is 44.9. The Morgan fingerprint density at radius 1 is 0.403 bits per heavy atom. The van der Waals surface area contributed by atoms with E-state index >= 15 is 0 Å². The van der Waals surface area contributed by atoms with Crippen molar-refractivity contribution in [3.63, 3.8) is 0 Å². The number of allylic oxidation sites excluding steroid dienone is 5. The van der Waals surface area contributed by atoms with Gasteiger partial charge in [0.2, 0.25) is 5.91 Å². The van der Waals surface area contributed by atoms with Crippen molar-refractivity contribution in [3.05, 3.63) is 36.5 Å². The quantitative estimate of drug-likeness (QED) is 0.0321. The molecule has 0 aromatic rings. The minimum Gasteiger partial charge on any atom is -0.466 e. The van der Waals surface area contributed by atoms with E-state index in [1.807, 2.05) is 6.08 Å². The number of carbonyl (C=O) groups is 2. The second-order valence-electron chi connectivity index (χ2n) is 20.3. The second kappa shape index (κ2) is 56.7. The fraction of sp³-hybridized carbons (Fsp3) is 0.869. The van der Waals surface area contributed by atoms with E-state index in [1.165, 1.54) is 244 Å². The van der Waals surface area contributed by atoms with Gasteiger partial charge in [0.1, 0.15) is 0 Å². The summed E-state index contributed by atoms with van der Waals surface area (Å²) in [5.41, 5.74) is 0. The van der Waals surface area contributed by atoms with Crippen molar-refractivity contribution in [1.29, 1.82) is 0 Å². The van der Waals surface area contributed by atoms with Gasteiger partial charge < -0.3 is 20.3 Å². The summed E-state index contributed by atoms with van der Waals surface area (Å²) >= 11 is 0. The van der Waals surface area contributed by atoms with Crippen LogP contribution in [0.4, 0.5) is 0 Å². The minimum absolute atomic E-state index is 0.00165. The molecule has 0 aromatic heterocycles. The average molecular weight is 943 g/mol. The molecule has 0 aliphatic heterocycles. The number of esters is 1. The number of aliphatic hydroxyl groups is 2. The topological polar surface area (TPSA) is 95.9 Å². The third kappa shape index (κ3) is 53.3. The molecule has 2 atom stereocenters. The lowest BCUT2D eigenvalue weighted by Gasteiger charge is -2.20. The summed E-state index contributed by atoms with van der Waals surface area (Å²) < 4.78 is 5.46. The summed E-state index contributed by atoms with van der Waals surface area (Å²) in [7, 11) is 0. The number of hydrogen-bond donors (Lipinski definition) is 3. The Labute approximate surface area is 417 Å². The maximum absolute atomic E-state index is 12.4. The molecule has 3 N–H and O–H groups in total. The minimum atomic E-state index is -0.847. The molecule has 0 rings (SSSR count). The monoisotopic (exact) mass is 942 g/mol. The first-order valence-corrected chi connectivity index (χ1v) is 29.8. The van der Waals surface area contributed by atoms with Crippen LogP contribution in [0.5, 0.6) is 0 Å². The molecule has 0 saturated heterocycles. The van der Waals surface area contributed by atoms with Gasteiger partial charge in [-0.3, -0.25) is 9.59 Å². The summed E-state index contributed by atoms with van der Waals surface area (Å²) in [5.74, 6) is -0.0705. The summed E-state index contributed by atoms with van der Waals surface area (Å²) in [6, 6.07) is -0.631. The Balaban J connectivity index is 3.43. The lowest BCUT2D eigenvalue weighted by atomic mass is 10.0. The molecular formula is C61H115NO5. The highest BCUT2D eigenvalue weighted by molar-refractivity contribution is 5.76. The number of amides is 1. The van der Waals surface area contributed by atoms with E-state index in [1.54, 1.807) is 6.08 Å². The van der Waals surface area contributed by atoms with Crippen LogP contribution in [0.2, 0.25) is 0 Å². The van der Waals surface area contributed by atoms with Gasteiger partial charge >= 0.3 is 5.97 Å². The van der Waals surface area contributed by atoms with E-state index < -0.39 is 12.1 Å². The molecule has 394 valence electrons. The maximum atomic E-state index is 12.4. The van der Waals surface area contributed by atoms with Gasteiger partial charge in [-0.1, -0.05) is 256 Å².